The topological polar surface area (TPSA) is 107 Å². The molecule has 0 aromatic rings. The molecule has 36 heavy (non-hydrogen) atoms. The molecule has 1 N–H and O–H groups in total. The van der Waals surface area contributed by atoms with Gasteiger partial charge in [0.15, 0.2) is 29.6 Å². The molecular weight excluding hydrogens is 474 g/mol. The maximum Gasteiger partial charge on any atom is 0.321 e. The van der Waals surface area contributed by atoms with Crippen molar-refractivity contribution in [3.63, 3.8) is 0 Å². The molecule has 0 heterocycles. The second kappa shape index (κ2) is 8.57. The molecule has 0 bridgehead atoms. The maximum atomic E-state index is 17.3. The van der Waals surface area contributed by atoms with Crippen molar-refractivity contribution in [1.82, 2.24) is 0 Å². The third kappa shape index (κ3) is 3.17. The van der Waals surface area contributed by atoms with E-state index in [9.17, 15) is 28.7 Å². The summed E-state index contributed by atoms with van der Waals surface area (Å²) in [7, 11) is 1.11. The van der Waals surface area contributed by atoms with Crippen LogP contribution in [-0.4, -0.2) is 59.8 Å². The van der Waals surface area contributed by atoms with Crippen LogP contribution in [0.15, 0.2) is 23.8 Å². The van der Waals surface area contributed by atoms with Crippen LogP contribution in [0.5, 0.6) is 0 Å². The molecule has 9 heteroatoms. The van der Waals surface area contributed by atoms with Gasteiger partial charge in [-0.05, 0) is 57.6 Å². The summed E-state index contributed by atoms with van der Waals surface area (Å²) in [4.78, 5) is 50.3. The number of hydrogen-bond donors (Lipinski definition) is 1. The number of carbonyl (C=O) groups excluding carboxylic acids is 4. The SMILES string of the molecule is COC(=O)C(C)C(=O)O[C@]1(C(=O)CF)C(C)C[C@H]2[C@@H]3CCC4=CC(=O)C=C[C@]4(C)[C@@]3(F)C(O)C[C@@]21C. The number of esters is 2. The highest BCUT2D eigenvalue weighted by molar-refractivity contribution is 6.01. The van der Waals surface area contributed by atoms with Crippen molar-refractivity contribution in [2.75, 3.05) is 13.8 Å². The smallest absolute Gasteiger partial charge is 0.321 e. The van der Waals surface area contributed by atoms with E-state index < -0.39 is 76.3 Å². The van der Waals surface area contributed by atoms with Crippen LogP contribution >= 0.6 is 0 Å². The second-order valence-corrected chi connectivity index (χ2v) is 11.4. The number of hydrogen-bond acceptors (Lipinski definition) is 7. The Kier molecular flexibility index (Phi) is 6.34. The minimum absolute atomic E-state index is 0.228. The van der Waals surface area contributed by atoms with E-state index in [4.69, 9.17) is 4.74 Å². The number of Topliss-reactive ketones (excluding diaryl/α,β-unsaturated/α-hetero) is 1. The summed E-state index contributed by atoms with van der Waals surface area (Å²) < 4.78 is 41.8. The number of alkyl halides is 2. The summed E-state index contributed by atoms with van der Waals surface area (Å²) in [5, 5.41) is 11.4. The van der Waals surface area contributed by atoms with Crippen molar-refractivity contribution >= 4 is 23.5 Å². The monoisotopic (exact) mass is 508 g/mol. The van der Waals surface area contributed by atoms with Gasteiger partial charge in [0.1, 0.15) is 0 Å². The molecule has 3 fully saturated rings. The van der Waals surface area contributed by atoms with Crippen LogP contribution in [-0.2, 0) is 28.7 Å². The summed E-state index contributed by atoms with van der Waals surface area (Å²) in [6.45, 7) is 4.85. The van der Waals surface area contributed by atoms with Crippen molar-refractivity contribution in [3.8, 4) is 0 Å². The van der Waals surface area contributed by atoms with Crippen molar-refractivity contribution in [2.24, 2.45) is 34.5 Å². The van der Waals surface area contributed by atoms with Crippen molar-refractivity contribution < 1.29 is 42.5 Å². The fourth-order valence-electron chi connectivity index (χ4n) is 8.02. The normalized spacial score (nSPS) is 44.0. The van der Waals surface area contributed by atoms with Gasteiger partial charge in [0, 0.05) is 22.7 Å². The third-order valence-electron chi connectivity index (χ3n) is 9.89. The summed E-state index contributed by atoms with van der Waals surface area (Å²) in [5.41, 5.74) is -6.02. The Hall–Kier alpha value is -2.42. The first-order chi connectivity index (χ1) is 16.7. The van der Waals surface area contributed by atoms with E-state index in [-0.39, 0.29) is 18.6 Å². The van der Waals surface area contributed by atoms with Gasteiger partial charge in [-0.15, -0.1) is 0 Å². The Bertz CT molecular complexity index is 1070. The van der Waals surface area contributed by atoms with Gasteiger partial charge in [-0.1, -0.05) is 25.5 Å². The van der Waals surface area contributed by atoms with Crippen molar-refractivity contribution in [3.05, 3.63) is 23.8 Å². The predicted octanol–water partition coefficient (Wildman–Crippen LogP) is 3.23. The number of carbonyl (C=O) groups is 4. The van der Waals surface area contributed by atoms with Crippen LogP contribution in [0.25, 0.3) is 0 Å². The molecule has 0 radical (unpaired) electrons. The first-order valence-corrected chi connectivity index (χ1v) is 12.5. The summed E-state index contributed by atoms with van der Waals surface area (Å²) in [6, 6.07) is 0. The van der Waals surface area contributed by atoms with Crippen LogP contribution in [0.4, 0.5) is 8.78 Å². The fourth-order valence-corrected chi connectivity index (χ4v) is 8.02. The molecule has 0 spiro atoms. The van der Waals surface area contributed by atoms with E-state index in [1.165, 1.54) is 25.2 Å². The molecular formula is C27H34F2O7. The Morgan fingerprint density at radius 3 is 2.50 bits per heavy atom. The fraction of sp³-hybridized carbons (Fsp3) is 0.704. The van der Waals surface area contributed by atoms with Gasteiger partial charge < -0.3 is 14.6 Å². The van der Waals surface area contributed by atoms with E-state index in [0.29, 0.717) is 18.4 Å². The van der Waals surface area contributed by atoms with Gasteiger partial charge in [-0.25, -0.2) is 8.78 Å². The van der Waals surface area contributed by atoms with E-state index >= 15 is 4.39 Å². The molecule has 7 nitrogen and oxygen atoms in total. The number of allylic oxidation sites excluding steroid dienone is 4. The van der Waals surface area contributed by atoms with Crippen LogP contribution in [0.2, 0.25) is 0 Å². The number of rotatable bonds is 5. The molecule has 0 saturated heterocycles. The number of aliphatic hydroxyl groups excluding tert-OH is 1. The number of ketones is 2. The molecule has 0 aromatic carbocycles. The highest BCUT2D eigenvalue weighted by Crippen LogP contribution is 2.71. The molecule has 198 valence electrons. The van der Waals surface area contributed by atoms with E-state index in [0.717, 1.165) is 7.11 Å². The largest absolute Gasteiger partial charge is 0.468 e. The highest BCUT2D eigenvalue weighted by atomic mass is 19.1. The highest BCUT2D eigenvalue weighted by Gasteiger charge is 2.77. The van der Waals surface area contributed by atoms with Crippen molar-refractivity contribution in [2.45, 2.75) is 70.8 Å². The van der Waals surface area contributed by atoms with Gasteiger partial charge in [0.2, 0.25) is 5.78 Å². The molecule has 0 aliphatic heterocycles. The third-order valence-corrected chi connectivity index (χ3v) is 9.89. The Balaban J connectivity index is 1.81. The summed E-state index contributed by atoms with van der Waals surface area (Å²) in [6.07, 6.45) is 3.45. The zero-order valence-corrected chi connectivity index (χ0v) is 21.3. The lowest BCUT2D eigenvalue weighted by Crippen LogP contribution is -2.70. The molecule has 4 aliphatic carbocycles. The van der Waals surface area contributed by atoms with Crippen LogP contribution in [0.1, 0.15) is 53.4 Å². The van der Waals surface area contributed by atoms with E-state index in [1.807, 2.05) is 0 Å². The molecule has 0 aromatic heterocycles. The molecule has 4 rings (SSSR count). The minimum atomic E-state index is -2.14. The number of fused-ring (bicyclic) bond motifs is 5. The van der Waals surface area contributed by atoms with Gasteiger partial charge in [0.05, 0.1) is 13.2 Å². The Labute approximate surface area is 209 Å². The second-order valence-electron chi connectivity index (χ2n) is 11.4. The maximum absolute atomic E-state index is 17.3. The zero-order chi connectivity index (χ0) is 26.8. The first kappa shape index (κ1) is 26.6. The van der Waals surface area contributed by atoms with Gasteiger partial charge >= 0.3 is 11.9 Å². The lowest BCUT2D eigenvalue weighted by atomic mass is 9.44. The molecule has 3 saturated carbocycles. The van der Waals surface area contributed by atoms with E-state index in [2.05, 4.69) is 4.74 Å². The van der Waals surface area contributed by atoms with Crippen LogP contribution in [0, 0.1) is 34.5 Å². The average Bonchev–Trinajstić information content (AvgIpc) is 3.05. The van der Waals surface area contributed by atoms with Crippen LogP contribution < -0.4 is 0 Å². The molecule has 3 unspecified atom stereocenters. The van der Waals surface area contributed by atoms with Gasteiger partial charge in [0.25, 0.3) is 0 Å². The number of ether oxygens (including phenoxy) is 2. The number of methoxy groups -OCH3 is 1. The molecule has 0 amide bonds. The lowest BCUT2D eigenvalue weighted by Gasteiger charge is -2.62. The van der Waals surface area contributed by atoms with Crippen molar-refractivity contribution in [1.29, 1.82) is 0 Å². The standard InChI is InChI=1S/C27H34F2O7/c1-14-10-19-18-7-6-16-11-17(30)8-9-24(16,3)26(18,29)20(31)12-25(19,4)27(14,21(32)13-28)36-23(34)15(2)22(33)35-5/h8-9,11,14-15,18-20,31H,6-7,10,12-13H2,1-5H3/t14?,15?,18-,19-,20?,24-,25-,26-,27-/m0/s1. The number of halogens is 2. The lowest BCUT2D eigenvalue weighted by molar-refractivity contribution is -0.229. The average molecular weight is 509 g/mol. The van der Waals surface area contributed by atoms with Crippen LogP contribution in [0.3, 0.4) is 0 Å². The molecule has 4 aliphatic rings. The Morgan fingerprint density at radius 2 is 1.89 bits per heavy atom. The van der Waals surface area contributed by atoms with E-state index in [1.54, 1.807) is 20.8 Å². The summed E-state index contributed by atoms with van der Waals surface area (Å²) in [5.74, 6) is -6.38. The van der Waals surface area contributed by atoms with Gasteiger partial charge in [-0.2, -0.15) is 0 Å². The molecule has 9 atom stereocenters. The van der Waals surface area contributed by atoms with Gasteiger partial charge in [-0.3, -0.25) is 19.2 Å². The Morgan fingerprint density at radius 1 is 1.22 bits per heavy atom. The minimum Gasteiger partial charge on any atom is -0.468 e. The quantitative estimate of drug-likeness (QED) is 0.449. The zero-order valence-electron chi connectivity index (χ0n) is 21.3. The number of aliphatic hydroxyl groups is 1. The summed E-state index contributed by atoms with van der Waals surface area (Å²) >= 11 is 0. The predicted molar refractivity (Wildman–Crippen MR) is 124 cm³/mol. The first-order valence-electron chi connectivity index (χ1n) is 12.5.